The molecule has 1 aromatic rings. The summed E-state index contributed by atoms with van der Waals surface area (Å²) in [5, 5.41) is 26.1. The number of nitriles is 1. The Balaban J connectivity index is 1.81. The normalized spacial score (nSPS) is 26.5. The van der Waals surface area contributed by atoms with E-state index in [0.29, 0.717) is 6.54 Å². The van der Waals surface area contributed by atoms with Crippen LogP contribution in [0.4, 0.5) is 0 Å². The molecular formula is C12H16N2OS. The highest BCUT2D eigenvalue weighted by molar-refractivity contribution is 7.07. The lowest BCUT2D eigenvalue weighted by atomic mass is 10.1. The molecule has 3 nitrogen and oxygen atoms in total. The Morgan fingerprint density at radius 1 is 1.62 bits per heavy atom. The predicted molar refractivity (Wildman–Crippen MR) is 64.0 cm³/mol. The third kappa shape index (κ3) is 2.62. The Labute approximate surface area is 99.7 Å². The predicted octanol–water partition coefficient (Wildman–Crippen LogP) is 2.06. The van der Waals surface area contributed by atoms with Crippen LogP contribution >= 0.6 is 11.3 Å². The van der Waals surface area contributed by atoms with Crippen LogP contribution in [-0.2, 0) is 0 Å². The summed E-state index contributed by atoms with van der Waals surface area (Å²) in [7, 11) is 0. The fourth-order valence-electron chi connectivity index (χ4n) is 2.20. The van der Waals surface area contributed by atoms with Crippen molar-refractivity contribution in [3.8, 4) is 6.07 Å². The molecule has 2 rings (SSSR count). The van der Waals surface area contributed by atoms with E-state index in [2.05, 4.69) is 11.4 Å². The number of aliphatic hydroxyl groups is 1. The molecule has 1 aliphatic rings. The largest absolute Gasteiger partial charge is 0.387 e. The summed E-state index contributed by atoms with van der Waals surface area (Å²) in [6.45, 7) is 0.541. The van der Waals surface area contributed by atoms with Crippen molar-refractivity contribution in [2.45, 2.75) is 31.4 Å². The minimum atomic E-state index is -0.453. The number of nitrogens with one attached hydrogen (secondary N) is 1. The van der Waals surface area contributed by atoms with Gasteiger partial charge in [0, 0.05) is 12.6 Å². The summed E-state index contributed by atoms with van der Waals surface area (Å²) in [5.41, 5.74) is 0.962. The molecule has 0 aromatic carbocycles. The van der Waals surface area contributed by atoms with Crippen LogP contribution < -0.4 is 5.32 Å². The van der Waals surface area contributed by atoms with E-state index in [9.17, 15) is 5.11 Å². The van der Waals surface area contributed by atoms with E-state index in [-0.39, 0.29) is 12.0 Å². The van der Waals surface area contributed by atoms with Gasteiger partial charge in [-0.25, -0.2) is 0 Å². The van der Waals surface area contributed by atoms with Crippen molar-refractivity contribution in [2.75, 3.05) is 6.54 Å². The van der Waals surface area contributed by atoms with Crippen molar-refractivity contribution in [3.63, 3.8) is 0 Å². The molecule has 3 unspecified atom stereocenters. The maximum Gasteiger partial charge on any atom is 0.0922 e. The van der Waals surface area contributed by atoms with Gasteiger partial charge in [0.2, 0.25) is 0 Å². The fourth-order valence-corrected chi connectivity index (χ4v) is 2.91. The second-order valence-electron chi connectivity index (χ2n) is 4.25. The fraction of sp³-hybridized carbons (Fsp3) is 0.583. The molecule has 86 valence electrons. The summed E-state index contributed by atoms with van der Waals surface area (Å²) in [5.74, 6) is 0.120. The quantitative estimate of drug-likeness (QED) is 0.841. The molecule has 0 amide bonds. The summed E-state index contributed by atoms with van der Waals surface area (Å²) < 4.78 is 0. The Kier molecular flexibility index (Phi) is 3.94. The lowest BCUT2D eigenvalue weighted by molar-refractivity contribution is 0.168. The van der Waals surface area contributed by atoms with Crippen LogP contribution in [0, 0.1) is 17.2 Å². The van der Waals surface area contributed by atoms with Gasteiger partial charge in [0.1, 0.15) is 0 Å². The van der Waals surface area contributed by atoms with Crippen LogP contribution in [0.1, 0.15) is 30.9 Å². The molecule has 2 N–H and O–H groups in total. The van der Waals surface area contributed by atoms with Crippen molar-refractivity contribution >= 4 is 11.3 Å². The molecule has 3 atom stereocenters. The van der Waals surface area contributed by atoms with Gasteiger partial charge in [-0.1, -0.05) is 6.42 Å². The number of rotatable bonds is 4. The van der Waals surface area contributed by atoms with Gasteiger partial charge in [-0.05, 0) is 35.2 Å². The van der Waals surface area contributed by atoms with Gasteiger partial charge in [0.05, 0.1) is 18.1 Å². The number of hydrogen-bond acceptors (Lipinski definition) is 4. The zero-order valence-electron chi connectivity index (χ0n) is 9.10. The Morgan fingerprint density at radius 2 is 2.50 bits per heavy atom. The van der Waals surface area contributed by atoms with Gasteiger partial charge in [-0.15, -0.1) is 0 Å². The number of aliphatic hydroxyl groups excluding tert-OH is 1. The van der Waals surface area contributed by atoms with E-state index in [1.807, 2.05) is 16.8 Å². The molecule has 1 fully saturated rings. The smallest absolute Gasteiger partial charge is 0.0922 e. The molecule has 0 bridgehead atoms. The summed E-state index contributed by atoms with van der Waals surface area (Å²) in [6.07, 6.45) is 2.70. The summed E-state index contributed by atoms with van der Waals surface area (Å²) in [4.78, 5) is 0. The average Bonchev–Trinajstić information content (AvgIpc) is 2.96. The molecule has 0 saturated heterocycles. The highest BCUT2D eigenvalue weighted by Gasteiger charge is 2.27. The molecular weight excluding hydrogens is 220 g/mol. The van der Waals surface area contributed by atoms with E-state index >= 15 is 0 Å². The maximum atomic E-state index is 9.89. The van der Waals surface area contributed by atoms with Crippen molar-refractivity contribution < 1.29 is 5.11 Å². The number of hydrogen-bond donors (Lipinski definition) is 2. The first-order valence-corrected chi connectivity index (χ1v) is 6.58. The highest BCUT2D eigenvalue weighted by Crippen LogP contribution is 2.25. The third-order valence-electron chi connectivity index (χ3n) is 3.18. The van der Waals surface area contributed by atoms with E-state index in [0.717, 1.165) is 24.8 Å². The van der Waals surface area contributed by atoms with Gasteiger partial charge in [-0.3, -0.25) is 0 Å². The Bertz CT molecular complexity index is 358. The molecule has 16 heavy (non-hydrogen) atoms. The molecule has 1 aliphatic carbocycles. The minimum absolute atomic E-state index is 0.120. The van der Waals surface area contributed by atoms with Gasteiger partial charge in [0.15, 0.2) is 0 Å². The third-order valence-corrected chi connectivity index (χ3v) is 3.88. The first-order chi connectivity index (χ1) is 7.81. The van der Waals surface area contributed by atoms with Crippen LogP contribution in [0.5, 0.6) is 0 Å². The lowest BCUT2D eigenvalue weighted by Gasteiger charge is -2.18. The second kappa shape index (κ2) is 5.44. The Hall–Kier alpha value is -0.890. The van der Waals surface area contributed by atoms with Crippen LogP contribution in [0.15, 0.2) is 16.8 Å². The average molecular weight is 236 g/mol. The van der Waals surface area contributed by atoms with Crippen molar-refractivity contribution in [3.05, 3.63) is 22.4 Å². The molecule has 4 heteroatoms. The number of nitrogens with zero attached hydrogens (tertiary/aromatic N) is 1. The van der Waals surface area contributed by atoms with E-state index in [1.165, 1.54) is 0 Å². The molecule has 1 aromatic heterocycles. The zero-order valence-corrected chi connectivity index (χ0v) is 9.91. The van der Waals surface area contributed by atoms with Gasteiger partial charge in [0.25, 0.3) is 0 Å². The van der Waals surface area contributed by atoms with Crippen LogP contribution in [0.3, 0.4) is 0 Å². The second-order valence-corrected chi connectivity index (χ2v) is 5.03. The van der Waals surface area contributed by atoms with E-state index in [4.69, 9.17) is 5.26 Å². The first-order valence-electron chi connectivity index (χ1n) is 5.64. The molecule has 0 spiro atoms. The monoisotopic (exact) mass is 236 g/mol. The number of thiophene rings is 1. The summed E-state index contributed by atoms with van der Waals surface area (Å²) >= 11 is 1.59. The van der Waals surface area contributed by atoms with E-state index in [1.54, 1.807) is 11.3 Å². The molecule has 1 heterocycles. The van der Waals surface area contributed by atoms with Crippen molar-refractivity contribution in [2.24, 2.45) is 5.92 Å². The highest BCUT2D eigenvalue weighted by atomic mass is 32.1. The van der Waals surface area contributed by atoms with Crippen LogP contribution in [-0.4, -0.2) is 17.7 Å². The minimum Gasteiger partial charge on any atom is -0.387 e. The SMILES string of the molecule is N#CC1CCCC1NCC(O)c1ccsc1. The standard InChI is InChI=1S/C12H16N2OS/c13-6-9-2-1-3-11(9)14-7-12(15)10-4-5-16-8-10/h4-5,8-9,11-12,14-15H,1-3,7H2. The maximum absolute atomic E-state index is 9.89. The zero-order chi connectivity index (χ0) is 11.4. The molecule has 0 radical (unpaired) electrons. The van der Waals surface area contributed by atoms with Gasteiger partial charge < -0.3 is 10.4 Å². The molecule has 1 saturated carbocycles. The van der Waals surface area contributed by atoms with E-state index < -0.39 is 6.10 Å². The first kappa shape index (κ1) is 11.6. The van der Waals surface area contributed by atoms with Crippen molar-refractivity contribution in [1.82, 2.24) is 5.32 Å². The summed E-state index contributed by atoms with van der Waals surface area (Å²) in [6, 6.07) is 4.53. The lowest BCUT2D eigenvalue weighted by Crippen LogP contribution is -2.34. The Morgan fingerprint density at radius 3 is 3.19 bits per heavy atom. The van der Waals surface area contributed by atoms with Gasteiger partial charge >= 0.3 is 0 Å². The van der Waals surface area contributed by atoms with Gasteiger partial charge in [-0.2, -0.15) is 16.6 Å². The van der Waals surface area contributed by atoms with Crippen molar-refractivity contribution in [1.29, 1.82) is 5.26 Å². The topological polar surface area (TPSA) is 56.0 Å². The van der Waals surface area contributed by atoms with Crippen LogP contribution in [0.25, 0.3) is 0 Å². The van der Waals surface area contributed by atoms with Crippen LogP contribution in [0.2, 0.25) is 0 Å². The molecule has 0 aliphatic heterocycles.